The second kappa shape index (κ2) is 15.6. The summed E-state index contributed by atoms with van der Waals surface area (Å²) in [4.78, 5) is 16.6. The molecule has 3 N–H and O–H groups in total. The average Bonchev–Trinajstić information content (AvgIpc) is 2.91. The summed E-state index contributed by atoms with van der Waals surface area (Å²) >= 11 is 0. The number of hydrogen-bond acceptors (Lipinski definition) is 5. The molecule has 6 nitrogen and oxygen atoms in total. The maximum atomic E-state index is 10.5. The van der Waals surface area contributed by atoms with E-state index < -0.39 is 5.97 Å². The van der Waals surface area contributed by atoms with Gasteiger partial charge in [-0.15, -0.1) is 0 Å². The first-order valence-electron chi connectivity index (χ1n) is 12.9. The van der Waals surface area contributed by atoms with E-state index in [0.29, 0.717) is 11.6 Å². The molecule has 0 fully saturated rings. The predicted molar refractivity (Wildman–Crippen MR) is 152 cm³/mol. The standard InChI is InChI=1S/C23H34N2.C7H8N2O2/c1-5-9-19(7-3)11-8-12-22(10-6-2)25(4)23-14-13-21-18-24-16-15-20(21)17-23;1-8-6-4-9-3-2-5(6)7(10)11/h6,8,10-14,17,19,24H,5,7,9,15-16,18H2,1-4H3;2-4,8H,1H3,(H,10,11)/b10-6-,11-8+,22-12+;. The Hall–Kier alpha value is -3.38. The molecule has 0 bridgehead atoms. The highest BCUT2D eigenvalue weighted by molar-refractivity contribution is 5.93. The Morgan fingerprint density at radius 3 is 2.72 bits per heavy atom. The first-order valence-corrected chi connectivity index (χ1v) is 12.9. The van der Waals surface area contributed by atoms with E-state index in [1.165, 1.54) is 60.2 Å². The number of carboxylic acids is 1. The number of pyridine rings is 1. The molecular weight excluding hydrogens is 448 g/mol. The molecule has 1 aliphatic heterocycles. The van der Waals surface area contributed by atoms with Crippen molar-refractivity contribution in [3.8, 4) is 0 Å². The van der Waals surface area contributed by atoms with Crippen molar-refractivity contribution < 1.29 is 9.90 Å². The zero-order valence-electron chi connectivity index (χ0n) is 22.4. The molecule has 2 heterocycles. The maximum Gasteiger partial charge on any atom is 0.337 e. The third-order valence-electron chi connectivity index (χ3n) is 6.34. The summed E-state index contributed by atoms with van der Waals surface area (Å²) in [6, 6.07) is 8.31. The van der Waals surface area contributed by atoms with Crippen molar-refractivity contribution in [3.63, 3.8) is 0 Å². The number of anilines is 2. The summed E-state index contributed by atoms with van der Waals surface area (Å²) in [5.74, 6) is -0.258. The smallest absolute Gasteiger partial charge is 0.337 e. The maximum absolute atomic E-state index is 10.5. The molecule has 1 atom stereocenters. The normalized spacial score (nSPS) is 14.2. The summed E-state index contributed by atoms with van der Waals surface area (Å²) in [5.41, 5.74) is 6.16. The Balaban J connectivity index is 0.000000346. The summed E-state index contributed by atoms with van der Waals surface area (Å²) in [5, 5.41) is 14.8. The molecule has 36 heavy (non-hydrogen) atoms. The lowest BCUT2D eigenvalue weighted by atomic mass is 9.99. The third kappa shape index (κ3) is 8.68. The van der Waals surface area contributed by atoms with Gasteiger partial charge in [-0.1, -0.05) is 44.6 Å². The van der Waals surface area contributed by atoms with E-state index in [9.17, 15) is 4.79 Å². The van der Waals surface area contributed by atoms with Crippen LogP contribution in [0.15, 0.2) is 72.7 Å². The van der Waals surface area contributed by atoms with Crippen LogP contribution in [0.25, 0.3) is 0 Å². The van der Waals surface area contributed by atoms with E-state index in [0.717, 1.165) is 19.5 Å². The number of aromatic nitrogens is 1. The van der Waals surface area contributed by atoms with E-state index in [4.69, 9.17) is 5.11 Å². The van der Waals surface area contributed by atoms with Crippen molar-refractivity contribution in [2.45, 2.75) is 53.0 Å². The molecule has 0 saturated carbocycles. The van der Waals surface area contributed by atoms with E-state index >= 15 is 0 Å². The number of carboxylic acid groups (broad SMARTS) is 1. The minimum absolute atomic E-state index is 0.238. The van der Waals surface area contributed by atoms with Gasteiger partial charge in [-0.3, -0.25) is 4.98 Å². The van der Waals surface area contributed by atoms with Crippen molar-refractivity contribution in [2.24, 2.45) is 5.92 Å². The number of likely N-dealkylation sites (N-methyl/N-ethyl adjacent to an activating group) is 1. The van der Waals surface area contributed by atoms with Gasteiger partial charge in [0.1, 0.15) is 0 Å². The van der Waals surface area contributed by atoms with Crippen molar-refractivity contribution in [3.05, 3.63) is 89.4 Å². The zero-order chi connectivity index (χ0) is 26.3. The summed E-state index contributed by atoms with van der Waals surface area (Å²) in [7, 11) is 3.81. The number of nitrogens with zero attached hydrogens (tertiary/aromatic N) is 2. The number of rotatable bonds is 10. The molecule has 0 saturated heterocycles. The van der Waals surface area contributed by atoms with Crippen LogP contribution in [-0.2, 0) is 13.0 Å². The lowest BCUT2D eigenvalue weighted by molar-refractivity contribution is 0.0698. The van der Waals surface area contributed by atoms with Gasteiger partial charge in [0, 0.05) is 38.2 Å². The highest BCUT2D eigenvalue weighted by atomic mass is 16.4. The molecule has 194 valence electrons. The van der Waals surface area contributed by atoms with Gasteiger partial charge in [-0.2, -0.15) is 0 Å². The average molecular weight is 491 g/mol. The Labute approximate surface area is 216 Å². The lowest BCUT2D eigenvalue weighted by Gasteiger charge is -2.24. The fourth-order valence-corrected chi connectivity index (χ4v) is 4.17. The predicted octanol–water partition coefficient (Wildman–Crippen LogP) is 6.43. The van der Waals surface area contributed by atoms with Gasteiger partial charge in [0.15, 0.2) is 0 Å². The minimum Gasteiger partial charge on any atom is -0.478 e. The van der Waals surface area contributed by atoms with Gasteiger partial charge < -0.3 is 20.6 Å². The molecular formula is C30H42N4O2. The van der Waals surface area contributed by atoms with Crippen LogP contribution in [-0.4, -0.2) is 36.7 Å². The van der Waals surface area contributed by atoms with Crippen molar-refractivity contribution in [1.29, 1.82) is 0 Å². The molecule has 0 aliphatic carbocycles. The van der Waals surface area contributed by atoms with Crippen LogP contribution in [0.1, 0.15) is 61.5 Å². The lowest BCUT2D eigenvalue weighted by Crippen LogP contribution is -2.24. The highest BCUT2D eigenvalue weighted by Gasteiger charge is 2.12. The van der Waals surface area contributed by atoms with Gasteiger partial charge in [0.2, 0.25) is 0 Å². The number of nitrogens with one attached hydrogen (secondary N) is 2. The van der Waals surface area contributed by atoms with Crippen LogP contribution in [0.2, 0.25) is 0 Å². The Morgan fingerprint density at radius 2 is 2.08 bits per heavy atom. The molecule has 1 aromatic carbocycles. The second-order valence-corrected chi connectivity index (χ2v) is 8.85. The molecule has 2 aromatic rings. The van der Waals surface area contributed by atoms with Crippen LogP contribution in [0.4, 0.5) is 11.4 Å². The number of aromatic carboxylic acids is 1. The molecule has 6 heteroatoms. The molecule has 1 aliphatic rings. The van der Waals surface area contributed by atoms with Gasteiger partial charge in [0.05, 0.1) is 17.4 Å². The van der Waals surface area contributed by atoms with Crippen LogP contribution in [0.3, 0.4) is 0 Å². The number of allylic oxidation sites excluding steroid dienone is 5. The highest BCUT2D eigenvalue weighted by Crippen LogP contribution is 2.24. The summed E-state index contributed by atoms with van der Waals surface area (Å²) in [6.07, 6.45) is 18.9. The monoisotopic (exact) mass is 490 g/mol. The van der Waals surface area contributed by atoms with Gasteiger partial charge in [0.25, 0.3) is 0 Å². The molecule has 0 radical (unpaired) electrons. The molecule has 3 rings (SSSR count). The Kier molecular flexibility index (Phi) is 12.5. The van der Waals surface area contributed by atoms with Crippen LogP contribution < -0.4 is 15.5 Å². The number of hydrogen-bond donors (Lipinski definition) is 3. The number of benzene rings is 1. The number of carbonyl (C=O) groups is 1. The van der Waals surface area contributed by atoms with E-state index in [-0.39, 0.29) is 5.56 Å². The zero-order valence-corrected chi connectivity index (χ0v) is 22.4. The van der Waals surface area contributed by atoms with Crippen LogP contribution in [0.5, 0.6) is 0 Å². The molecule has 0 spiro atoms. The quantitative estimate of drug-likeness (QED) is 0.333. The summed E-state index contributed by atoms with van der Waals surface area (Å²) < 4.78 is 0. The fourth-order valence-electron chi connectivity index (χ4n) is 4.17. The van der Waals surface area contributed by atoms with Crippen molar-refractivity contribution in [2.75, 3.05) is 30.9 Å². The second-order valence-electron chi connectivity index (χ2n) is 8.85. The SMILES string of the molecule is CNc1cnccc1C(=O)O.C\C=C/C(=C\C=C\C(CC)CCC)N(C)c1ccc2c(c1)CCNC2. The van der Waals surface area contributed by atoms with E-state index in [1.807, 2.05) is 0 Å². The number of fused-ring (bicyclic) bond motifs is 1. The van der Waals surface area contributed by atoms with Gasteiger partial charge in [-0.05, 0) is 80.1 Å². The van der Waals surface area contributed by atoms with Crippen LogP contribution >= 0.6 is 0 Å². The fraction of sp³-hybridized carbons (Fsp3) is 0.400. The largest absolute Gasteiger partial charge is 0.478 e. The minimum atomic E-state index is -0.947. The Bertz CT molecular complexity index is 1060. The molecule has 0 amide bonds. The van der Waals surface area contributed by atoms with E-state index in [1.54, 1.807) is 7.05 Å². The van der Waals surface area contributed by atoms with E-state index in [2.05, 4.69) is 96.9 Å². The Morgan fingerprint density at radius 1 is 1.28 bits per heavy atom. The third-order valence-corrected chi connectivity index (χ3v) is 6.34. The van der Waals surface area contributed by atoms with Gasteiger partial charge >= 0.3 is 5.97 Å². The van der Waals surface area contributed by atoms with Crippen LogP contribution in [0, 0.1) is 5.92 Å². The summed E-state index contributed by atoms with van der Waals surface area (Å²) in [6.45, 7) is 8.69. The van der Waals surface area contributed by atoms with Gasteiger partial charge in [-0.25, -0.2) is 4.79 Å². The van der Waals surface area contributed by atoms with Crippen molar-refractivity contribution >= 4 is 17.3 Å². The topological polar surface area (TPSA) is 77.5 Å². The first kappa shape index (κ1) is 28.9. The molecule has 1 aromatic heterocycles. The first-order chi connectivity index (χ1) is 17.4. The van der Waals surface area contributed by atoms with Crippen molar-refractivity contribution in [1.82, 2.24) is 10.3 Å². The molecule has 1 unspecified atom stereocenters.